The summed E-state index contributed by atoms with van der Waals surface area (Å²) in [6, 6.07) is 8.15. The van der Waals surface area contributed by atoms with Gasteiger partial charge in [0, 0.05) is 12.6 Å². The van der Waals surface area contributed by atoms with Crippen molar-refractivity contribution in [1.29, 1.82) is 0 Å². The highest BCUT2D eigenvalue weighted by molar-refractivity contribution is 5.93. The van der Waals surface area contributed by atoms with Crippen molar-refractivity contribution in [2.75, 3.05) is 14.2 Å². The van der Waals surface area contributed by atoms with Gasteiger partial charge in [-0.3, -0.25) is 4.79 Å². The van der Waals surface area contributed by atoms with E-state index in [0.717, 1.165) is 24.2 Å². The topological polar surface area (TPSA) is 38.3 Å². The largest absolute Gasteiger partial charge is 0.497 e. The van der Waals surface area contributed by atoms with Crippen molar-refractivity contribution in [2.24, 2.45) is 0 Å². The predicted molar refractivity (Wildman–Crippen MR) is 101 cm³/mol. The van der Waals surface area contributed by atoms with Gasteiger partial charge in [-0.1, -0.05) is 42.4 Å². The number of nitrogens with one attached hydrogen (secondary N) is 1. The monoisotopic (exact) mass is 327 g/mol. The quantitative estimate of drug-likeness (QED) is 0.587. The van der Waals surface area contributed by atoms with Crippen molar-refractivity contribution in [2.45, 2.75) is 40.5 Å². The molecule has 0 aliphatic heterocycles. The lowest BCUT2D eigenvalue weighted by molar-refractivity contribution is -0.117. The standard InChI is InChI=1S/C21H29NO2/c1-7-16(3)19(12-15(2)11-17(4)21(23)22-5)13-18-9-8-10-20(14-18)24-6/h8-12,14H,7,13H2,1-6H3,(H,22,23)/b15-12-,17-11+,19-16-. The summed E-state index contributed by atoms with van der Waals surface area (Å²) >= 11 is 0. The number of likely N-dealkylation sites (N-methyl/N-ethyl adjacent to an activating group) is 1. The lowest BCUT2D eigenvalue weighted by atomic mass is 9.96. The van der Waals surface area contributed by atoms with Crippen molar-refractivity contribution in [3.8, 4) is 5.75 Å². The molecule has 0 radical (unpaired) electrons. The van der Waals surface area contributed by atoms with E-state index >= 15 is 0 Å². The molecule has 0 aromatic heterocycles. The van der Waals surface area contributed by atoms with E-state index in [1.807, 2.05) is 32.1 Å². The fraction of sp³-hybridized carbons (Fsp3) is 0.381. The van der Waals surface area contributed by atoms with Gasteiger partial charge in [-0.05, 0) is 56.9 Å². The first kappa shape index (κ1) is 19.8. The van der Waals surface area contributed by atoms with Crippen molar-refractivity contribution >= 4 is 5.91 Å². The molecule has 1 rings (SSSR count). The van der Waals surface area contributed by atoms with E-state index in [1.165, 1.54) is 16.7 Å². The summed E-state index contributed by atoms with van der Waals surface area (Å²) in [6.45, 7) is 8.18. The summed E-state index contributed by atoms with van der Waals surface area (Å²) in [4.78, 5) is 11.7. The smallest absolute Gasteiger partial charge is 0.246 e. The van der Waals surface area contributed by atoms with Crippen LogP contribution < -0.4 is 10.1 Å². The van der Waals surface area contributed by atoms with E-state index in [2.05, 4.69) is 37.4 Å². The van der Waals surface area contributed by atoms with Crippen LogP contribution in [0.5, 0.6) is 5.75 Å². The molecule has 0 bridgehead atoms. The zero-order chi connectivity index (χ0) is 18.1. The lowest BCUT2D eigenvalue weighted by Crippen LogP contribution is -2.18. The molecule has 1 amide bonds. The number of hydrogen-bond donors (Lipinski definition) is 1. The van der Waals surface area contributed by atoms with Crippen molar-refractivity contribution in [3.63, 3.8) is 0 Å². The molecule has 0 fully saturated rings. The Kier molecular flexibility index (Phi) is 8.03. The summed E-state index contributed by atoms with van der Waals surface area (Å²) in [5, 5.41) is 2.65. The highest BCUT2D eigenvalue weighted by atomic mass is 16.5. The molecule has 3 heteroatoms. The first-order valence-corrected chi connectivity index (χ1v) is 8.31. The Balaban J connectivity index is 3.10. The van der Waals surface area contributed by atoms with Gasteiger partial charge < -0.3 is 10.1 Å². The van der Waals surface area contributed by atoms with E-state index in [1.54, 1.807) is 14.2 Å². The highest BCUT2D eigenvalue weighted by Gasteiger charge is 2.05. The van der Waals surface area contributed by atoms with Crippen LogP contribution >= 0.6 is 0 Å². The molecule has 0 atom stereocenters. The maximum atomic E-state index is 11.7. The Bertz CT molecular complexity index is 666. The van der Waals surface area contributed by atoms with Gasteiger partial charge in [-0.15, -0.1) is 0 Å². The number of amides is 1. The molecule has 1 N–H and O–H groups in total. The average Bonchev–Trinajstić information content (AvgIpc) is 2.59. The first-order valence-electron chi connectivity index (χ1n) is 8.31. The van der Waals surface area contributed by atoms with Crippen LogP contribution in [0.4, 0.5) is 0 Å². The number of methoxy groups -OCH3 is 1. The summed E-state index contributed by atoms with van der Waals surface area (Å²) in [6.07, 6.45) is 5.94. The van der Waals surface area contributed by atoms with Gasteiger partial charge in [-0.2, -0.15) is 0 Å². The number of rotatable bonds is 7. The van der Waals surface area contributed by atoms with E-state index in [0.29, 0.717) is 5.57 Å². The second-order valence-corrected chi connectivity index (χ2v) is 5.98. The molecule has 3 nitrogen and oxygen atoms in total. The van der Waals surface area contributed by atoms with E-state index in [4.69, 9.17) is 4.74 Å². The minimum absolute atomic E-state index is 0.0479. The van der Waals surface area contributed by atoms with Crippen molar-refractivity contribution < 1.29 is 9.53 Å². The van der Waals surface area contributed by atoms with Crippen molar-refractivity contribution in [3.05, 3.63) is 64.3 Å². The number of ether oxygens (including phenoxy) is 1. The van der Waals surface area contributed by atoms with Crippen LogP contribution in [-0.2, 0) is 11.2 Å². The Hall–Kier alpha value is -2.29. The molecule has 0 spiro atoms. The van der Waals surface area contributed by atoms with Crippen LogP contribution in [0.2, 0.25) is 0 Å². The second kappa shape index (κ2) is 9.76. The molecule has 1 aromatic rings. The molecule has 0 saturated carbocycles. The summed E-state index contributed by atoms with van der Waals surface area (Å²) in [5.41, 5.74) is 5.63. The molecule has 0 aliphatic carbocycles. The fourth-order valence-corrected chi connectivity index (χ4v) is 2.48. The number of carbonyl (C=O) groups excluding carboxylic acids is 1. The number of benzene rings is 1. The first-order chi connectivity index (χ1) is 11.4. The molecule has 0 saturated heterocycles. The summed E-state index contributed by atoms with van der Waals surface area (Å²) in [5.74, 6) is 0.824. The molecule has 24 heavy (non-hydrogen) atoms. The van der Waals surface area contributed by atoms with Gasteiger partial charge in [0.05, 0.1) is 7.11 Å². The van der Waals surface area contributed by atoms with Gasteiger partial charge in [0.15, 0.2) is 0 Å². The van der Waals surface area contributed by atoms with Crippen molar-refractivity contribution in [1.82, 2.24) is 5.32 Å². The Morgan fingerprint density at radius 1 is 1.21 bits per heavy atom. The molecule has 0 heterocycles. The van der Waals surface area contributed by atoms with Gasteiger partial charge in [0.25, 0.3) is 0 Å². The molecule has 130 valence electrons. The third-order valence-corrected chi connectivity index (χ3v) is 4.04. The average molecular weight is 327 g/mol. The minimum atomic E-state index is -0.0479. The van der Waals surface area contributed by atoms with Gasteiger partial charge in [0.2, 0.25) is 5.91 Å². The van der Waals surface area contributed by atoms with E-state index < -0.39 is 0 Å². The molecule has 0 aliphatic rings. The van der Waals surface area contributed by atoms with Gasteiger partial charge in [-0.25, -0.2) is 0 Å². The maximum absolute atomic E-state index is 11.7. The Labute approximate surface area is 146 Å². The summed E-state index contributed by atoms with van der Waals surface area (Å²) in [7, 11) is 3.33. The zero-order valence-electron chi connectivity index (χ0n) is 15.7. The van der Waals surface area contributed by atoms with Gasteiger partial charge in [0.1, 0.15) is 5.75 Å². The molecule has 1 aromatic carbocycles. The molecular weight excluding hydrogens is 298 g/mol. The summed E-state index contributed by atoms with van der Waals surface area (Å²) < 4.78 is 5.31. The fourth-order valence-electron chi connectivity index (χ4n) is 2.48. The molecular formula is C21H29NO2. The Morgan fingerprint density at radius 3 is 2.50 bits per heavy atom. The number of allylic oxidation sites excluding steroid dienone is 5. The number of carbonyl (C=O) groups is 1. The SMILES string of the molecule is CC/C(C)=C(/C=C(C)\C=C(/C)C(=O)NC)Cc1cccc(OC)c1. The van der Waals surface area contributed by atoms with E-state index in [-0.39, 0.29) is 5.91 Å². The van der Waals surface area contributed by atoms with Gasteiger partial charge >= 0.3 is 0 Å². The van der Waals surface area contributed by atoms with Crippen LogP contribution in [0.25, 0.3) is 0 Å². The van der Waals surface area contributed by atoms with Crippen LogP contribution in [0, 0.1) is 0 Å². The van der Waals surface area contributed by atoms with E-state index in [9.17, 15) is 4.79 Å². The zero-order valence-corrected chi connectivity index (χ0v) is 15.7. The third-order valence-electron chi connectivity index (χ3n) is 4.04. The molecule has 0 unspecified atom stereocenters. The predicted octanol–water partition coefficient (Wildman–Crippen LogP) is 4.60. The Morgan fingerprint density at radius 2 is 1.92 bits per heavy atom. The number of hydrogen-bond acceptors (Lipinski definition) is 2. The maximum Gasteiger partial charge on any atom is 0.246 e. The lowest BCUT2D eigenvalue weighted by Gasteiger charge is -2.10. The highest BCUT2D eigenvalue weighted by Crippen LogP contribution is 2.21. The van der Waals surface area contributed by atoms with Crippen LogP contribution in [0.15, 0.2) is 58.7 Å². The third kappa shape index (κ3) is 6.07. The minimum Gasteiger partial charge on any atom is -0.497 e. The van der Waals surface area contributed by atoms with Crippen LogP contribution in [0.1, 0.15) is 39.7 Å². The van der Waals surface area contributed by atoms with Crippen LogP contribution in [0.3, 0.4) is 0 Å². The normalized spacial score (nSPS) is 13.4. The van der Waals surface area contributed by atoms with Crippen LogP contribution in [-0.4, -0.2) is 20.1 Å². The second-order valence-electron chi connectivity index (χ2n) is 5.98.